The lowest BCUT2D eigenvalue weighted by Gasteiger charge is -2.26. The first kappa shape index (κ1) is 22.3. The molecule has 1 aliphatic rings. The predicted octanol–water partition coefficient (Wildman–Crippen LogP) is 3.68. The highest BCUT2D eigenvalue weighted by molar-refractivity contribution is 7.89. The van der Waals surface area contributed by atoms with E-state index in [1.807, 2.05) is 38.1 Å². The van der Waals surface area contributed by atoms with Crippen molar-refractivity contribution in [2.75, 3.05) is 19.7 Å². The average Bonchev–Trinajstić information content (AvgIpc) is 2.74. The predicted molar refractivity (Wildman–Crippen MR) is 117 cm³/mol. The van der Waals surface area contributed by atoms with Crippen molar-refractivity contribution < 1.29 is 17.9 Å². The van der Waals surface area contributed by atoms with Gasteiger partial charge in [-0.2, -0.15) is 4.31 Å². The highest BCUT2D eigenvalue weighted by atomic mass is 32.2. The van der Waals surface area contributed by atoms with Gasteiger partial charge < -0.3 is 10.1 Å². The molecular formula is C23H30N2O4S. The number of piperidine rings is 1. The standard InChI is InChI=1S/C23H30N2O4S/c1-17-9-5-6-10-21(17)29-16-19(3)24-23(26)20-12-11-18(2)22(15-20)30(27,28)25-13-7-4-8-14-25/h5-6,9-12,15,19H,4,7-8,13-14,16H2,1-3H3,(H,24,26)/t19-/m0/s1. The quantitative estimate of drug-likeness (QED) is 0.727. The maximum atomic E-state index is 13.1. The van der Waals surface area contributed by atoms with Crippen molar-refractivity contribution in [2.45, 2.75) is 51.0 Å². The summed E-state index contributed by atoms with van der Waals surface area (Å²) >= 11 is 0. The fourth-order valence-corrected chi connectivity index (χ4v) is 5.31. The summed E-state index contributed by atoms with van der Waals surface area (Å²) in [6.07, 6.45) is 2.80. The number of para-hydroxylation sites is 1. The third kappa shape index (κ3) is 5.21. The van der Waals surface area contributed by atoms with E-state index in [0.29, 0.717) is 30.8 Å². The molecule has 0 bridgehead atoms. The molecule has 1 aliphatic heterocycles. The number of aryl methyl sites for hydroxylation is 2. The van der Waals surface area contributed by atoms with Gasteiger partial charge in [-0.25, -0.2) is 8.42 Å². The molecule has 0 radical (unpaired) electrons. The van der Waals surface area contributed by atoms with E-state index in [-0.39, 0.29) is 16.8 Å². The van der Waals surface area contributed by atoms with Crippen molar-refractivity contribution in [3.05, 3.63) is 59.2 Å². The van der Waals surface area contributed by atoms with Crippen LogP contribution in [0.1, 0.15) is 47.7 Å². The second-order valence-electron chi connectivity index (χ2n) is 7.90. The number of ether oxygens (including phenoxy) is 1. The van der Waals surface area contributed by atoms with E-state index in [2.05, 4.69) is 5.32 Å². The lowest BCUT2D eigenvalue weighted by molar-refractivity contribution is 0.0926. The summed E-state index contributed by atoms with van der Waals surface area (Å²) in [5, 5.41) is 2.89. The van der Waals surface area contributed by atoms with Crippen LogP contribution >= 0.6 is 0 Å². The number of hydrogen-bond acceptors (Lipinski definition) is 4. The Morgan fingerprint density at radius 3 is 2.47 bits per heavy atom. The summed E-state index contributed by atoms with van der Waals surface area (Å²) in [5.41, 5.74) is 2.01. The third-order valence-electron chi connectivity index (χ3n) is 5.34. The Morgan fingerprint density at radius 2 is 1.77 bits per heavy atom. The minimum Gasteiger partial charge on any atom is -0.491 e. The Balaban J connectivity index is 1.69. The summed E-state index contributed by atoms with van der Waals surface area (Å²) in [6.45, 7) is 6.97. The van der Waals surface area contributed by atoms with E-state index < -0.39 is 10.0 Å². The molecule has 0 unspecified atom stereocenters. The first-order chi connectivity index (χ1) is 14.3. The Labute approximate surface area is 179 Å². The number of nitrogens with zero attached hydrogens (tertiary/aromatic N) is 1. The largest absolute Gasteiger partial charge is 0.491 e. The van der Waals surface area contributed by atoms with Crippen molar-refractivity contribution in [1.82, 2.24) is 9.62 Å². The molecule has 2 aromatic carbocycles. The van der Waals surface area contributed by atoms with E-state index in [0.717, 1.165) is 30.6 Å². The molecule has 0 aromatic heterocycles. The molecule has 2 aromatic rings. The van der Waals surface area contributed by atoms with Gasteiger partial charge in [0.25, 0.3) is 5.91 Å². The maximum Gasteiger partial charge on any atom is 0.251 e. The summed E-state index contributed by atoms with van der Waals surface area (Å²) in [5.74, 6) is 0.467. The third-order valence-corrected chi connectivity index (χ3v) is 7.38. The molecule has 6 nitrogen and oxygen atoms in total. The maximum absolute atomic E-state index is 13.1. The van der Waals surface area contributed by atoms with Crippen molar-refractivity contribution in [3.63, 3.8) is 0 Å². The van der Waals surface area contributed by atoms with Crippen LogP contribution in [0.5, 0.6) is 5.75 Å². The Kier molecular flexibility index (Phi) is 7.15. The zero-order chi connectivity index (χ0) is 21.7. The molecule has 1 atom stereocenters. The van der Waals surface area contributed by atoms with E-state index in [4.69, 9.17) is 4.74 Å². The van der Waals surface area contributed by atoms with Crippen LogP contribution in [0, 0.1) is 13.8 Å². The van der Waals surface area contributed by atoms with E-state index >= 15 is 0 Å². The SMILES string of the molecule is Cc1ccccc1OC[C@H](C)NC(=O)c1ccc(C)c(S(=O)(=O)N2CCCCC2)c1. The smallest absolute Gasteiger partial charge is 0.251 e. The molecule has 0 aliphatic carbocycles. The van der Waals surface area contributed by atoms with Crippen LogP contribution in [-0.4, -0.2) is 44.4 Å². The number of rotatable bonds is 7. The first-order valence-electron chi connectivity index (χ1n) is 10.4. The molecular weight excluding hydrogens is 400 g/mol. The molecule has 1 saturated heterocycles. The summed E-state index contributed by atoms with van der Waals surface area (Å²) in [7, 11) is -3.60. The van der Waals surface area contributed by atoms with Gasteiger partial charge in [0.15, 0.2) is 0 Å². The Morgan fingerprint density at radius 1 is 1.07 bits per heavy atom. The lowest BCUT2D eigenvalue weighted by atomic mass is 10.1. The normalized spacial score (nSPS) is 16.1. The van der Waals surface area contributed by atoms with Crippen LogP contribution in [0.4, 0.5) is 0 Å². The number of carbonyl (C=O) groups is 1. The molecule has 0 saturated carbocycles. The molecule has 3 rings (SSSR count). The zero-order valence-electron chi connectivity index (χ0n) is 17.8. The Bertz CT molecular complexity index is 998. The lowest BCUT2D eigenvalue weighted by Crippen LogP contribution is -2.37. The monoisotopic (exact) mass is 430 g/mol. The van der Waals surface area contributed by atoms with Crippen LogP contribution in [0.25, 0.3) is 0 Å². The summed E-state index contributed by atoms with van der Waals surface area (Å²) in [4.78, 5) is 12.9. The zero-order valence-corrected chi connectivity index (χ0v) is 18.7. The van der Waals surface area contributed by atoms with Crippen LogP contribution in [0.3, 0.4) is 0 Å². The second kappa shape index (κ2) is 9.62. The molecule has 7 heteroatoms. The van der Waals surface area contributed by atoms with Crippen LogP contribution in [0.15, 0.2) is 47.4 Å². The van der Waals surface area contributed by atoms with Crippen molar-refractivity contribution in [1.29, 1.82) is 0 Å². The fourth-order valence-electron chi connectivity index (χ4n) is 3.55. The first-order valence-corrected chi connectivity index (χ1v) is 11.8. The molecule has 1 heterocycles. The molecule has 1 N–H and O–H groups in total. The molecule has 0 spiro atoms. The highest BCUT2D eigenvalue weighted by Crippen LogP contribution is 2.24. The van der Waals surface area contributed by atoms with Crippen LogP contribution in [0.2, 0.25) is 0 Å². The van der Waals surface area contributed by atoms with Gasteiger partial charge in [-0.3, -0.25) is 4.79 Å². The van der Waals surface area contributed by atoms with Gasteiger partial charge in [0, 0.05) is 18.7 Å². The van der Waals surface area contributed by atoms with Gasteiger partial charge in [0.1, 0.15) is 12.4 Å². The number of carbonyl (C=O) groups excluding carboxylic acids is 1. The van der Waals surface area contributed by atoms with E-state index in [1.54, 1.807) is 19.1 Å². The Hall–Kier alpha value is -2.38. The van der Waals surface area contributed by atoms with Gasteiger partial charge in [-0.05, 0) is 62.9 Å². The van der Waals surface area contributed by atoms with Crippen molar-refractivity contribution in [2.24, 2.45) is 0 Å². The number of hydrogen-bond donors (Lipinski definition) is 1. The summed E-state index contributed by atoms with van der Waals surface area (Å²) in [6, 6.07) is 12.3. The van der Waals surface area contributed by atoms with E-state index in [9.17, 15) is 13.2 Å². The average molecular weight is 431 g/mol. The van der Waals surface area contributed by atoms with Gasteiger partial charge in [0.2, 0.25) is 10.0 Å². The molecule has 30 heavy (non-hydrogen) atoms. The van der Waals surface area contributed by atoms with Crippen LogP contribution in [-0.2, 0) is 10.0 Å². The highest BCUT2D eigenvalue weighted by Gasteiger charge is 2.28. The van der Waals surface area contributed by atoms with Gasteiger partial charge >= 0.3 is 0 Å². The fraction of sp³-hybridized carbons (Fsp3) is 0.435. The van der Waals surface area contributed by atoms with Crippen molar-refractivity contribution in [3.8, 4) is 5.75 Å². The van der Waals surface area contributed by atoms with Crippen molar-refractivity contribution >= 4 is 15.9 Å². The van der Waals surface area contributed by atoms with Crippen LogP contribution < -0.4 is 10.1 Å². The van der Waals surface area contributed by atoms with Gasteiger partial charge in [-0.15, -0.1) is 0 Å². The van der Waals surface area contributed by atoms with Gasteiger partial charge in [0.05, 0.1) is 10.9 Å². The molecule has 162 valence electrons. The van der Waals surface area contributed by atoms with E-state index in [1.165, 1.54) is 10.4 Å². The number of amides is 1. The number of sulfonamides is 1. The molecule has 1 fully saturated rings. The van der Waals surface area contributed by atoms with Gasteiger partial charge in [-0.1, -0.05) is 30.7 Å². The second-order valence-corrected chi connectivity index (χ2v) is 9.80. The summed E-state index contributed by atoms with van der Waals surface area (Å²) < 4.78 is 33.5. The number of nitrogens with one attached hydrogen (secondary N) is 1. The topological polar surface area (TPSA) is 75.7 Å². The minimum absolute atomic E-state index is 0.209. The molecule has 1 amide bonds. The number of benzene rings is 2. The minimum atomic E-state index is -3.60.